The van der Waals surface area contributed by atoms with E-state index in [-0.39, 0.29) is 0 Å². The van der Waals surface area contributed by atoms with Crippen LogP contribution < -0.4 is 5.32 Å². The van der Waals surface area contributed by atoms with Crippen LogP contribution in [0.3, 0.4) is 0 Å². The minimum absolute atomic E-state index is 0.822. The molecule has 1 N–H and O–H groups in total. The van der Waals surface area contributed by atoms with Gasteiger partial charge in [0.2, 0.25) is 0 Å². The molecular formula is C11H21NS2. The van der Waals surface area contributed by atoms with Crippen LogP contribution in [0.15, 0.2) is 0 Å². The first-order chi connectivity index (χ1) is 6.90. The van der Waals surface area contributed by atoms with Crippen LogP contribution in [0.5, 0.6) is 0 Å². The second kappa shape index (κ2) is 5.66. The van der Waals surface area contributed by atoms with E-state index in [4.69, 9.17) is 0 Å². The summed E-state index contributed by atoms with van der Waals surface area (Å²) < 4.78 is 0. The van der Waals surface area contributed by atoms with E-state index in [1.165, 1.54) is 43.1 Å². The quantitative estimate of drug-likeness (QED) is 0.781. The Balaban J connectivity index is 1.63. The van der Waals surface area contributed by atoms with Crippen molar-refractivity contribution >= 4 is 23.5 Å². The third-order valence-electron chi connectivity index (χ3n) is 3.12. The lowest BCUT2D eigenvalue weighted by Gasteiger charge is -2.24. The molecule has 0 radical (unpaired) electrons. The average Bonchev–Trinajstić information content (AvgIpc) is 3.05. The Morgan fingerprint density at radius 2 is 2.21 bits per heavy atom. The van der Waals surface area contributed by atoms with Crippen molar-refractivity contribution in [1.82, 2.24) is 5.32 Å². The highest BCUT2D eigenvalue weighted by Crippen LogP contribution is 2.34. The van der Waals surface area contributed by atoms with Crippen LogP contribution in [-0.2, 0) is 0 Å². The van der Waals surface area contributed by atoms with Crippen molar-refractivity contribution in [2.45, 2.75) is 37.5 Å². The summed E-state index contributed by atoms with van der Waals surface area (Å²) in [4.78, 5) is 0. The van der Waals surface area contributed by atoms with Crippen LogP contribution in [-0.4, -0.2) is 35.1 Å². The minimum Gasteiger partial charge on any atom is -0.313 e. The van der Waals surface area contributed by atoms with E-state index < -0.39 is 0 Å². The lowest BCUT2D eigenvalue weighted by atomic mass is 10.1. The highest BCUT2D eigenvalue weighted by molar-refractivity contribution is 8.06. The molecule has 0 aromatic rings. The predicted molar refractivity (Wildman–Crippen MR) is 68.4 cm³/mol. The normalized spacial score (nSPS) is 30.2. The van der Waals surface area contributed by atoms with Crippen LogP contribution in [0.1, 0.15) is 26.2 Å². The molecule has 1 nitrogen and oxygen atoms in total. The second-order valence-corrected chi connectivity index (χ2v) is 6.89. The van der Waals surface area contributed by atoms with E-state index in [9.17, 15) is 0 Å². The Labute approximate surface area is 96.2 Å². The number of hydrogen-bond acceptors (Lipinski definition) is 3. The molecule has 2 aliphatic rings. The van der Waals surface area contributed by atoms with Gasteiger partial charge in [0.15, 0.2) is 0 Å². The number of hydrogen-bond donors (Lipinski definition) is 1. The van der Waals surface area contributed by atoms with Crippen molar-refractivity contribution in [3.8, 4) is 0 Å². The molecule has 1 aliphatic carbocycles. The van der Waals surface area contributed by atoms with E-state index in [1.807, 2.05) is 0 Å². The minimum atomic E-state index is 0.822. The Bertz CT molecular complexity index is 165. The predicted octanol–water partition coefficient (Wildman–Crippen LogP) is 2.61. The first kappa shape index (κ1) is 11.2. The Morgan fingerprint density at radius 3 is 2.79 bits per heavy atom. The molecule has 0 aromatic carbocycles. The van der Waals surface area contributed by atoms with Gasteiger partial charge < -0.3 is 5.32 Å². The van der Waals surface area contributed by atoms with Crippen LogP contribution in [0.4, 0.5) is 0 Å². The fraction of sp³-hybridized carbons (Fsp3) is 1.00. The SMILES string of the molecule is CCC(NCC1CSCCS1)C1CC1. The van der Waals surface area contributed by atoms with Crippen molar-refractivity contribution in [2.24, 2.45) is 5.92 Å². The third-order valence-corrected chi connectivity index (χ3v) is 5.97. The molecule has 0 spiro atoms. The molecule has 3 heteroatoms. The largest absolute Gasteiger partial charge is 0.313 e. The molecule has 0 bridgehead atoms. The zero-order valence-corrected chi connectivity index (χ0v) is 10.6. The molecular weight excluding hydrogens is 210 g/mol. The summed E-state index contributed by atoms with van der Waals surface area (Å²) in [6.07, 6.45) is 4.26. The van der Waals surface area contributed by atoms with E-state index in [0.717, 1.165) is 17.2 Å². The Kier molecular flexibility index (Phi) is 4.51. The van der Waals surface area contributed by atoms with Crippen molar-refractivity contribution in [3.63, 3.8) is 0 Å². The van der Waals surface area contributed by atoms with Crippen LogP contribution in [0.25, 0.3) is 0 Å². The smallest absolute Gasteiger partial charge is 0.0263 e. The maximum absolute atomic E-state index is 3.77. The third kappa shape index (κ3) is 3.35. The van der Waals surface area contributed by atoms with Crippen molar-refractivity contribution in [2.75, 3.05) is 23.8 Å². The molecule has 1 saturated heterocycles. The number of rotatable bonds is 5. The summed E-state index contributed by atoms with van der Waals surface area (Å²) in [6.45, 7) is 3.56. The highest BCUT2D eigenvalue weighted by Gasteiger charge is 2.30. The van der Waals surface area contributed by atoms with Gasteiger partial charge in [-0.2, -0.15) is 23.5 Å². The average molecular weight is 231 g/mol. The highest BCUT2D eigenvalue weighted by atomic mass is 32.2. The van der Waals surface area contributed by atoms with Crippen molar-refractivity contribution in [3.05, 3.63) is 0 Å². The Morgan fingerprint density at radius 1 is 1.36 bits per heavy atom. The van der Waals surface area contributed by atoms with Gasteiger partial charge in [-0.1, -0.05) is 6.92 Å². The second-order valence-electron chi connectivity index (χ2n) is 4.33. The van der Waals surface area contributed by atoms with E-state index in [1.54, 1.807) is 0 Å². The number of nitrogens with one attached hydrogen (secondary N) is 1. The van der Waals surface area contributed by atoms with Crippen molar-refractivity contribution in [1.29, 1.82) is 0 Å². The van der Waals surface area contributed by atoms with Gasteiger partial charge in [-0.3, -0.25) is 0 Å². The molecule has 82 valence electrons. The molecule has 1 heterocycles. The number of thioether (sulfide) groups is 2. The lowest BCUT2D eigenvalue weighted by molar-refractivity contribution is 0.454. The van der Waals surface area contributed by atoms with Gasteiger partial charge in [0.25, 0.3) is 0 Å². The monoisotopic (exact) mass is 231 g/mol. The maximum atomic E-state index is 3.77. The Hall–Kier alpha value is 0.660. The van der Waals surface area contributed by atoms with Gasteiger partial charge in [-0.05, 0) is 25.2 Å². The topological polar surface area (TPSA) is 12.0 Å². The van der Waals surface area contributed by atoms with Gasteiger partial charge in [-0.15, -0.1) is 0 Å². The van der Waals surface area contributed by atoms with Gasteiger partial charge in [0.05, 0.1) is 0 Å². The van der Waals surface area contributed by atoms with Gasteiger partial charge >= 0.3 is 0 Å². The zero-order chi connectivity index (χ0) is 9.80. The standard InChI is InChI=1S/C11H21NS2/c1-2-11(9-3-4-9)12-7-10-8-13-5-6-14-10/h9-12H,2-8H2,1H3. The molecule has 2 unspecified atom stereocenters. The van der Waals surface area contributed by atoms with Gasteiger partial charge in [-0.25, -0.2) is 0 Å². The summed E-state index contributed by atoms with van der Waals surface area (Å²) in [5.74, 6) is 5.10. The summed E-state index contributed by atoms with van der Waals surface area (Å²) in [5, 5.41) is 4.64. The molecule has 0 amide bonds. The van der Waals surface area contributed by atoms with Crippen molar-refractivity contribution < 1.29 is 0 Å². The van der Waals surface area contributed by atoms with E-state index in [2.05, 4.69) is 35.8 Å². The first-order valence-corrected chi connectivity index (χ1v) is 8.03. The molecule has 2 atom stereocenters. The molecule has 0 aromatic heterocycles. The van der Waals surface area contributed by atoms with Gasteiger partial charge in [0.1, 0.15) is 0 Å². The molecule has 1 saturated carbocycles. The fourth-order valence-corrected chi connectivity index (χ4v) is 4.70. The lowest BCUT2D eigenvalue weighted by Crippen LogP contribution is -2.37. The van der Waals surface area contributed by atoms with Crippen LogP contribution in [0.2, 0.25) is 0 Å². The van der Waals surface area contributed by atoms with Crippen LogP contribution in [0, 0.1) is 5.92 Å². The summed E-state index contributed by atoms with van der Waals surface area (Å²) in [6, 6.07) is 0.822. The first-order valence-electron chi connectivity index (χ1n) is 5.83. The summed E-state index contributed by atoms with van der Waals surface area (Å²) in [7, 11) is 0. The van der Waals surface area contributed by atoms with E-state index in [0.29, 0.717) is 0 Å². The zero-order valence-electron chi connectivity index (χ0n) is 9.00. The molecule has 1 aliphatic heterocycles. The van der Waals surface area contributed by atoms with Crippen LogP contribution >= 0.6 is 23.5 Å². The molecule has 14 heavy (non-hydrogen) atoms. The van der Waals surface area contributed by atoms with Gasteiger partial charge in [0, 0.05) is 35.1 Å². The maximum Gasteiger partial charge on any atom is 0.0263 e. The summed E-state index contributed by atoms with van der Waals surface area (Å²) >= 11 is 4.29. The fourth-order valence-electron chi connectivity index (χ4n) is 2.08. The summed E-state index contributed by atoms with van der Waals surface area (Å²) in [5.41, 5.74) is 0. The molecule has 2 rings (SSSR count). The van der Waals surface area contributed by atoms with E-state index >= 15 is 0 Å². The molecule has 2 fully saturated rings.